The Morgan fingerprint density at radius 2 is 2.06 bits per heavy atom. The summed E-state index contributed by atoms with van der Waals surface area (Å²) in [6, 6.07) is 1.15. The second-order valence-electron chi connectivity index (χ2n) is 4.69. The van der Waals surface area contributed by atoms with E-state index in [4.69, 9.17) is 17.3 Å². The summed E-state index contributed by atoms with van der Waals surface area (Å²) in [7, 11) is -3.60. The van der Waals surface area contributed by atoms with Crippen molar-refractivity contribution in [3.8, 4) is 0 Å². The summed E-state index contributed by atoms with van der Waals surface area (Å²) in [5.74, 6) is 0.529. The fraction of sp³-hybridized carbons (Fsp3) is 0.545. The van der Waals surface area contributed by atoms with E-state index < -0.39 is 10.0 Å². The van der Waals surface area contributed by atoms with Crippen LogP contribution in [-0.4, -0.2) is 19.4 Å². The molecule has 0 radical (unpaired) electrons. The maximum absolute atomic E-state index is 12.0. The molecule has 1 atom stereocenters. The number of halogens is 1. The van der Waals surface area contributed by atoms with Crippen molar-refractivity contribution >= 4 is 27.4 Å². The van der Waals surface area contributed by atoms with Gasteiger partial charge in [-0.2, -0.15) is 0 Å². The van der Waals surface area contributed by atoms with Gasteiger partial charge >= 0.3 is 0 Å². The normalized spacial score (nSPS) is 13.8. The molecule has 0 saturated carbocycles. The first kappa shape index (κ1) is 15.2. The first-order chi connectivity index (χ1) is 8.22. The van der Waals surface area contributed by atoms with Gasteiger partial charge < -0.3 is 5.73 Å². The zero-order valence-electron chi connectivity index (χ0n) is 10.6. The Morgan fingerprint density at radius 3 is 2.56 bits per heavy atom. The molecule has 1 heterocycles. The zero-order chi connectivity index (χ0) is 13.9. The topological polar surface area (TPSA) is 85.1 Å². The van der Waals surface area contributed by atoms with Crippen LogP contribution in [-0.2, 0) is 10.0 Å². The van der Waals surface area contributed by atoms with Crippen molar-refractivity contribution in [1.29, 1.82) is 0 Å². The lowest BCUT2D eigenvalue weighted by Gasteiger charge is -2.16. The number of pyridine rings is 1. The summed E-state index contributed by atoms with van der Waals surface area (Å²) in [6.45, 7) is 5.89. The molecule has 3 N–H and O–H groups in total. The standard InChI is InChI=1S/C11H18ClN3O2S/c1-7(2)4-8(3)15-18(16,17)9-5-10(12)11(13)14-6-9/h5-8,15H,4H2,1-3H3,(H2,13,14). The lowest BCUT2D eigenvalue weighted by molar-refractivity contribution is 0.482. The Labute approximate surface area is 113 Å². The molecule has 5 nitrogen and oxygen atoms in total. The van der Waals surface area contributed by atoms with Gasteiger partial charge in [0.25, 0.3) is 0 Å². The number of nitrogens with one attached hydrogen (secondary N) is 1. The van der Waals surface area contributed by atoms with Gasteiger partial charge in [-0.05, 0) is 25.3 Å². The molecular weight excluding hydrogens is 274 g/mol. The van der Waals surface area contributed by atoms with Gasteiger partial charge in [0.1, 0.15) is 10.7 Å². The highest BCUT2D eigenvalue weighted by atomic mass is 35.5. The van der Waals surface area contributed by atoms with Crippen LogP contribution < -0.4 is 10.5 Å². The Hall–Kier alpha value is -0.850. The predicted molar refractivity (Wildman–Crippen MR) is 72.9 cm³/mol. The third kappa shape index (κ3) is 4.12. The van der Waals surface area contributed by atoms with Crippen LogP contribution in [0.5, 0.6) is 0 Å². The van der Waals surface area contributed by atoms with Crippen molar-refractivity contribution in [2.24, 2.45) is 5.92 Å². The van der Waals surface area contributed by atoms with Crippen LogP contribution in [0.15, 0.2) is 17.2 Å². The van der Waals surface area contributed by atoms with Crippen molar-refractivity contribution in [2.75, 3.05) is 5.73 Å². The number of aromatic nitrogens is 1. The van der Waals surface area contributed by atoms with Crippen LogP contribution in [0, 0.1) is 5.92 Å². The quantitative estimate of drug-likeness (QED) is 0.869. The van der Waals surface area contributed by atoms with E-state index in [1.807, 2.05) is 20.8 Å². The number of sulfonamides is 1. The van der Waals surface area contributed by atoms with Crippen molar-refractivity contribution in [3.05, 3.63) is 17.3 Å². The van der Waals surface area contributed by atoms with E-state index in [2.05, 4.69) is 9.71 Å². The number of nitrogens with two attached hydrogens (primary N) is 1. The fourth-order valence-electron chi connectivity index (χ4n) is 1.67. The zero-order valence-corrected chi connectivity index (χ0v) is 12.2. The first-order valence-electron chi connectivity index (χ1n) is 5.65. The van der Waals surface area contributed by atoms with Gasteiger partial charge in [0, 0.05) is 12.2 Å². The lowest BCUT2D eigenvalue weighted by atomic mass is 10.1. The third-order valence-corrected chi connectivity index (χ3v) is 4.20. The molecule has 102 valence electrons. The van der Waals surface area contributed by atoms with E-state index in [1.165, 1.54) is 12.3 Å². The highest BCUT2D eigenvalue weighted by Gasteiger charge is 2.19. The molecule has 0 amide bonds. The molecule has 7 heteroatoms. The Bertz CT molecular complexity index is 517. The summed E-state index contributed by atoms with van der Waals surface area (Å²) in [5, 5.41) is 0.134. The number of anilines is 1. The molecular formula is C11H18ClN3O2S. The van der Waals surface area contributed by atoms with Gasteiger partial charge in [-0.15, -0.1) is 0 Å². The highest BCUT2D eigenvalue weighted by Crippen LogP contribution is 2.20. The molecule has 1 aromatic rings. The average Bonchev–Trinajstić information content (AvgIpc) is 2.19. The molecule has 0 fully saturated rings. The van der Waals surface area contributed by atoms with Gasteiger partial charge in [0.05, 0.1) is 5.02 Å². The van der Waals surface area contributed by atoms with E-state index >= 15 is 0 Å². The van der Waals surface area contributed by atoms with Crippen molar-refractivity contribution in [3.63, 3.8) is 0 Å². The van der Waals surface area contributed by atoms with E-state index in [0.717, 1.165) is 6.42 Å². The predicted octanol–water partition coefficient (Wildman–Crippen LogP) is 2.03. The van der Waals surface area contributed by atoms with E-state index in [1.54, 1.807) is 0 Å². The SMILES string of the molecule is CC(C)CC(C)NS(=O)(=O)c1cnc(N)c(Cl)c1. The molecule has 0 aliphatic heterocycles. The van der Waals surface area contributed by atoms with Gasteiger partial charge in [-0.25, -0.2) is 18.1 Å². The fourth-order valence-corrected chi connectivity index (χ4v) is 3.12. The highest BCUT2D eigenvalue weighted by molar-refractivity contribution is 7.89. The molecule has 1 unspecified atom stereocenters. The van der Waals surface area contributed by atoms with Gasteiger partial charge in [0.2, 0.25) is 10.0 Å². The first-order valence-corrected chi connectivity index (χ1v) is 7.52. The summed E-state index contributed by atoms with van der Waals surface area (Å²) in [4.78, 5) is 3.77. The minimum atomic E-state index is -3.60. The van der Waals surface area contributed by atoms with Crippen LogP contribution in [0.1, 0.15) is 27.2 Å². The molecule has 0 bridgehead atoms. The number of hydrogen-bond donors (Lipinski definition) is 2. The molecule has 0 aromatic carbocycles. The van der Waals surface area contributed by atoms with Crippen LogP contribution >= 0.6 is 11.6 Å². The summed E-state index contributed by atoms with van der Waals surface area (Å²) >= 11 is 5.76. The maximum atomic E-state index is 12.0. The Kier molecular flexibility index (Phi) is 4.95. The molecule has 0 aliphatic carbocycles. The summed E-state index contributed by atoms with van der Waals surface area (Å²) in [5.41, 5.74) is 5.44. The molecule has 0 spiro atoms. The Morgan fingerprint density at radius 1 is 1.44 bits per heavy atom. The number of nitrogen functional groups attached to an aromatic ring is 1. The molecule has 18 heavy (non-hydrogen) atoms. The molecule has 0 saturated heterocycles. The number of rotatable bonds is 5. The smallest absolute Gasteiger partial charge is 0.242 e. The Balaban J connectivity index is 2.89. The van der Waals surface area contributed by atoms with Gasteiger partial charge in [-0.3, -0.25) is 0 Å². The maximum Gasteiger partial charge on any atom is 0.242 e. The largest absolute Gasteiger partial charge is 0.382 e. The van der Waals surface area contributed by atoms with Gasteiger partial charge in [-0.1, -0.05) is 25.4 Å². The average molecular weight is 292 g/mol. The summed E-state index contributed by atoms with van der Waals surface area (Å²) in [6.07, 6.45) is 1.96. The summed E-state index contributed by atoms with van der Waals surface area (Å²) < 4.78 is 26.7. The molecule has 1 aromatic heterocycles. The van der Waals surface area contributed by atoms with Crippen molar-refractivity contribution in [2.45, 2.75) is 38.1 Å². The van der Waals surface area contributed by atoms with Crippen LogP contribution in [0.3, 0.4) is 0 Å². The molecule has 1 rings (SSSR count). The van der Waals surface area contributed by atoms with Crippen LogP contribution in [0.4, 0.5) is 5.82 Å². The van der Waals surface area contributed by atoms with E-state index in [0.29, 0.717) is 5.92 Å². The van der Waals surface area contributed by atoms with Gasteiger partial charge in [0.15, 0.2) is 0 Å². The van der Waals surface area contributed by atoms with Crippen LogP contribution in [0.2, 0.25) is 5.02 Å². The minimum Gasteiger partial charge on any atom is -0.382 e. The molecule has 0 aliphatic rings. The second-order valence-corrected chi connectivity index (χ2v) is 6.81. The second kappa shape index (κ2) is 5.86. The van der Waals surface area contributed by atoms with Crippen molar-refractivity contribution < 1.29 is 8.42 Å². The van der Waals surface area contributed by atoms with Crippen molar-refractivity contribution in [1.82, 2.24) is 9.71 Å². The lowest BCUT2D eigenvalue weighted by Crippen LogP contribution is -2.33. The minimum absolute atomic E-state index is 0.0253. The van der Waals surface area contributed by atoms with E-state index in [-0.39, 0.29) is 21.8 Å². The van der Waals surface area contributed by atoms with Crippen LogP contribution in [0.25, 0.3) is 0 Å². The monoisotopic (exact) mass is 291 g/mol. The number of hydrogen-bond acceptors (Lipinski definition) is 4. The number of nitrogens with zero attached hydrogens (tertiary/aromatic N) is 1. The third-order valence-electron chi connectivity index (χ3n) is 2.34. The van der Waals surface area contributed by atoms with E-state index in [9.17, 15) is 8.42 Å².